The molecule has 4 N–H and O–H groups in total. The largest absolute Gasteiger partial charge is 0.508 e. The first kappa shape index (κ1) is 12.3. The van der Waals surface area contributed by atoms with Crippen LogP contribution in [-0.2, 0) is 6.42 Å². The zero-order valence-electron chi connectivity index (χ0n) is 10.0. The summed E-state index contributed by atoms with van der Waals surface area (Å²) in [5.41, 5.74) is 7.20. The summed E-state index contributed by atoms with van der Waals surface area (Å²) in [6, 6.07) is 7.26. The molecular weight excluding hydrogens is 228 g/mol. The van der Waals surface area contributed by atoms with Gasteiger partial charge >= 0.3 is 0 Å². The fourth-order valence-corrected chi connectivity index (χ4v) is 1.60. The summed E-state index contributed by atoms with van der Waals surface area (Å²) in [5, 5.41) is 12.7. The van der Waals surface area contributed by atoms with Gasteiger partial charge in [-0.15, -0.1) is 0 Å². The Kier molecular flexibility index (Phi) is 4.09. The first-order chi connectivity index (χ1) is 8.79. The third kappa shape index (κ3) is 3.18. The fraction of sp³-hybridized carbons (Fsp3) is 0.231. The summed E-state index contributed by atoms with van der Waals surface area (Å²) in [4.78, 5) is 8.37. The number of nitrogens with zero attached hydrogens (tertiary/aromatic N) is 2. The molecular formula is C13H16N4O. The van der Waals surface area contributed by atoms with E-state index < -0.39 is 0 Å². The van der Waals surface area contributed by atoms with Crippen LogP contribution < -0.4 is 11.1 Å². The molecule has 0 radical (unpaired) electrons. The van der Waals surface area contributed by atoms with Crippen molar-refractivity contribution in [2.24, 2.45) is 5.73 Å². The Labute approximate surface area is 106 Å². The number of hydrogen-bond acceptors (Lipinski definition) is 5. The summed E-state index contributed by atoms with van der Waals surface area (Å²) in [5.74, 6) is 0.865. The Hall–Kier alpha value is -2.14. The molecule has 0 fully saturated rings. The maximum absolute atomic E-state index is 9.68. The van der Waals surface area contributed by atoms with Gasteiger partial charge < -0.3 is 16.2 Å². The number of benzene rings is 1. The lowest BCUT2D eigenvalue weighted by Crippen LogP contribution is -2.14. The van der Waals surface area contributed by atoms with Crippen LogP contribution in [0.25, 0.3) is 0 Å². The van der Waals surface area contributed by atoms with Crippen LogP contribution in [0, 0.1) is 0 Å². The molecule has 0 saturated carbocycles. The highest BCUT2D eigenvalue weighted by molar-refractivity contribution is 5.36. The second-order valence-corrected chi connectivity index (χ2v) is 3.94. The van der Waals surface area contributed by atoms with E-state index in [2.05, 4.69) is 15.3 Å². The molecule has 94 valence electrons. The minimum atomic E-state index is 0.294. The maximum Gasteiger partial charge on any atom is 0.222 e. The normalized spacial score (nSPS) is 10.3. The lowest BCUT2D eigenvalue weighted by molar-refractivity contribution is 0.469. The van der Waals surface area contributed by atoms with Gasteiger partial charge in [-0.1, -0.05) is 18.2 Å². The summed E-state index contributed by atoms with van der Waals surface area (Å²) in [7, 11) is 0. The highest BCUT2D eigenvalue weighted by Gasteiger charge is 2.02. The molecule has 2 rings (SSSR count). The summed E-state index contributed by atoms with van der Waals surface area (Å²) >= 11 is 0. The molecule has 0 bridgehead atoms. The van der Waals surface area contributed by atoms with Gasteiger partial charge in [-0.05, 0) is 17.2 Å². The van der Waals surface area contributed by atoms with E-state index in [-0.39, 0.29) is 0 Å². The Balaban J connectivity index is 2.04. The van der Waals surface area contributed by atoms with E-state index in [1.165, 1.54) is 0 Å². The average molecular weight is 244 g/mol. The summed E-state index contributed by atoms with van der Waals surface area (Å²) in [6.07, 6.45) is 4.11. The number of para-hydroxylation sites is 1. The van der Waals surface area contributed by atoms with Crippen LogP contribution in [0.2, 0.25) is 0 Å². The van der Waals surface area contributed by atoms with E-state index >= 15 is 0 Å². The number of rotatable bonds is 5. The third-order valence-corrected chi connectivity index (χ3v) is 2.52. The molecule has 1 heterocycles. The van der Waals surface area contributed by atoms with Crippen LogP contribution in [0.1, 0.15) is 11.1 Å². The standard InChI is InChI=1S/C13H16N4O/c14-5-6-15-13-16-8-10(9-17-13)7-11-3-1-2-4-12(11)18/h1-4,8-9,18H,5-7,14H2,(H,15,16,17). The third-order valence-electron chi connectivity index (χ3n) is 2.52. The maximum atomic E-state index is 9.68. The summed E-state index contributed by atoms with van der Waals surface area (Å²) in [6.45, 7) is 1.20. The molecule has 2 aromatic rings. The molecule has 0 spiro atoms. The number of nitrogens with one attached hydrogen (secondary N) is 1. The first-order valence-corrected chi connectivity index (χ1v) is 5.81. The Bertz CT molecular complexity index is 499. The van der Waals surface area contributed by atoms with Gasteiger partial charge in [0, 0.05) is 31.9 Å². The minimum absolute atomic E-state index is 0.294. The van der Waals surface area contributed by atoms with Crippen LogP contribution in [-0.4, -0.2) is 28.2 Å². The number of phenols is 1. The lowest BCUT2D eigenvalue weighted by Gasteiger charge is -2.05. The fourth-order valence-electron chi connectivity index (χ4n) is 1.60. The zero-order chi connectivity index (χ0) is 12.8. The number of anilines is 1. The van der Waals surface area contributed by atoms with Gasteiger partial charge in [0.2, 0.25) is 5.95 Å². The molecule has 0 atom stereocenters. The van der Waals surface area contributed by atoms with Crippen molar-refractivity contribution in [3.05, 3.63) is 47.8 Å². The van der Waals surface area contributed by atoms with Gasteiger partial charge in [0.1, 0.15) is 5.75 Å². The van der Waals surface area contributed by atoms with Crippen LogP contribution in [0.3, 0.4) is 0 Å². The number of aromatic hydroxyl groups is 1. The molecule has 5 nitrogen and oxygen atoms in total. The molecule has 0 saturated heterocycles. The van der Waals surface area contributed by atoms with Crippen molar-refractivity contribution in [1.29, 1.82) is 0 Å². The lowest BCUT2D eigenvalue weighted by atomic mass is 10.1. The van der Waals surface area contributed by atoms with Crippen LogP contribution in [0.5, 0.6) is 5.75 Å². The second kappa shape index (κ2) is 5.97. The van der Waals surface area contributed by atoms with E-state index in [9.17, 15) is 5.11 Å². The smallest absolute Gasteiger partial charge is 0.222 e. The highest BCUT2D eigenvalue weighted by atomic mass is 16.3. The van der Waals surface area contributed by atoms with Crippen LogP contribution in [0.15, 0.2) is 36.7 Å². The van der Waals surface area contributed by atoms with E-state index in [0.29, 0.717) is 31.2 Å². The van der Waals surface area contributed by atoms with E-state index in [0.717, 1.165) is 11.1 Å². The molecule has 0 aliphatic carbocycles. The van der Waals surface area contributed by atoms with E-state index in [1.54, 1.807) is 24.5 Å². The molecule has 18 heavy (non-hydrogen) atoms. The van der Waals surface area contributed by atoms with Crippen molar-refractivity contribution in [3.8, 4) is 5.75 Å². The number of hydrogen-bond donors (Lipinski definition) is 3. The number of nitrogens with two attached hydrogens (primary N) is 1. The molecule has 0 unspecified atom stereocenters. The van der Waals surface area contributed by atoms with Crippen molar-refractivity contribution in [1.82, 2.24) is 9.97 Å². The second-order valence-electron chi connectivity index (χ2n) is 3.94. The minimum Gasteiger partial charge on any atom is -0.508 e. The van der Waals surface area contributed by atoms with Crippen molar-refractivity contribution in [2.45, 2.75) is 6.42 Å². The number of phenolic OH excluding ortho intramolecular Hbond substituents is 1. The molecule has 0 aliphatic heterocycles. The van der Waals surface area contributed by atoms with Gasteiger partial charge in [-0.2, -0.15) is 0 Å². The van der Waals surface area contributed by atoms with E-state index in [1.807, 2.05) is 12.1 Å². The average Bonchev–Trinajstić information content (AvgIpc) is 2.41. The Morgan fingerprint density at radius 1 is 1.17 bits per heavy atom. The first-order valence-electron chi connectivity index (χ1n) is 5.81. The predicted octanol–water partition coefficient (Wildman–Crippen LogP) is 1.14. The SMILES string of the molecule is NCCNc1ncc(Cc2ccccc2O)cn1. The van der Waals surface area contributed by atoms with Crippen molar-refractivity contribution in [2.75, 3.05) is 18.4 Å². The zero-order valence-corrected chi connectivity index (χ0v) is 10.0. The monoisotopic (exact) mass is 244 g/mol. The van der Waals surface area contributed by atoms with Gasteiger partial charge in [0.05, 0.1) is 0 Å². The number of aromatic nitrogens is 2. The molecule has 0 aliphatic rings. The Morgan fingerprint density at radius 3 is 2.56 bits per heavy atom. The summed E-state index contributed by atoms with van der Waals surface area (Å²) < 4.78 is 0. The van der Waals surface area contributed by atoms with Gasteiger partial charge in [0.15, 0.2) is 0 Å². The van der Waals surface area contributed by atoms with Crippen LogP contribution in [0.4, 0.5) is 5.95 Å². The molecule has 0 amide bonds. The van der Waals surface area contributed by atoms with Crippen LogP contribution >= 0.6 is 0 Å². The predicted molar refractivity (Wildman–Crippen MR) is 70.5 cm³/mol. The molecule has 5 heteroatoms. The van der Waals surface area contributed by atoms with Crippen molar-refractivity contribution in [3.63, 3.8) is 0 Å². The van der Waals surface area contributed by atoms with Gasteiger partial charge in [-0.25, -0.2) is 9.97 Å². The van der Waals surface area contributed by atoms with Gasteiger partial charge in [0.25, 0.3) is 0 Å². The molecule has 1 aromatic heterocycles. The topological polar surface area (TPSA) is 84.1 Å². The highest BCUT2D eigenvalue weighted by Crippen LogP contribution is 2.19. The quantitative estimate of drug-likeness (QED) is 0.734. The molecule has 1 aromatic carbocycles. The van der Waals surface area contributed by atoms with E-state index in [4.69, 9.17) is 5.73 Å². The Morgan fingerprint density at radius 2 is 1.89 bits per heavy atom. The van der Waals surface area contributed by atoms with Crippen molar-refractivity contribution < 1.29 is 5.11 Å². The van der Waals surface area contributed by atoms with Crippen molar-refractivity contribution >= 4 is 5.95 Å². The van der Waals surface area contributed by atoms with Gasteiger partial charge in [-0.3, -0.25) is 0 Å².